The van der Waals surface area contributed by atoms with Crippen LogP contribution in [0.3, 0.4) is 0 Å². The normalized spacial score (nSPS) is 18.3. The van der Waals surface area contributed by atoms with Gasteiger partial charge in [-0.3, -0.25) is 9.36 Å². The van der Waals surface area contributed by atoms with Gasteiger partial charge in [0, 0.05) is 17.9 Å². The van der Waals surface area contributed by atoms with E-state index in [0.29, 0.717) is 17.5 Å². The van der Waals surface area contributed by atoms with Crippen LogP contribution >= 0.6 is 11.8 Å². The predicted molar refractivity (Wildman–Crippen MR) is 127 cm³/mol. The van der Waals surface area contributed by atoms with Gasteiger partial charge in [0.1, 0.15) is 5.82 Å². The number of amides is 1. The number of carbonyl (C=O) groups excluding carboxylic acids is 1. The third kappa shape index (κ3) is 4.96. The molecular weight excluding hydrogens is 439 g/mol. The van der Waals surface area contributed by atoms with Crippen LogP contribution in [0.2, 0.25) is 0 Å². The van der Waals surface area contributed by atoms with Crippen molar-refractivity contribution in [2.45, 2.75) is 62.1 Å². The third-order valence-corrected chi connectivity index (χ3v) is 7.33. The van der Waals surface area contributed by atoms with Crippen molar-refractivity contribution in [1.29, 1.82) is 0 Å². The molecule has 3 aromatic rings. The lowest BCUT2D eigenvalue weighted by molar-refractivity contribution is -0.115. The fourth-order valence-electron chi connectivity index (χ4n) is 4.45. The summed E-state index contributed by atoms with van der Waals surface area (Å²) in [5.74, 6) is 0.280. The number of hydrogen-bond donors (Lipinski definition) is 1. The van der Waals surface area contributed by atoms with Gasteiger partial charge in [-0.15, -0.1) is 10.2 Å². The van der Waals surface area contributed by atoms with Crippen molar-refractivity contribution >= 4 is 23.4 Å². The summed E-state index contributed by atoms with van der Waals surface area (Å²) >= 11 is 1.37. The van der Waals surface area contributed by atoms with E-state index in [-0.39, 0.29) is 23.1 Å². The van der Waals surface area contributed by atoms with Gasteiger partial charge < -0.3 is 10.1 Å². The van der Waals surface area contributed by atoms with Gasteiger partial charge in [-0.05, 0) is 86.6 Å². The van der Waals surface area contributed by atoms with Crippen LogP contribution in [0, 0.1) is 5.82 Å². The number of carbonyl (C=O) groups is 1. The maximum Gasteiger partial charge on any atom is 0.237 e. The monoisotopic (exact) mass is 466 g/mol. The van der Waals surface area contributed by atoms with Crippen molar-refractivity contribution in [1.82, 2.24) is 14.8 Å². The van der Waals surface area contributed by atoms with Crippen molar-refractivity contribution in [3.8, 4) is 11.4 Å². The molecule has 2 heterocycles. The second kappa shape index (κ2) is 9.65. The highest BCUT2D eigenvalue weighted by atomic mass is 32.2. The summed E-state index contributed by atoms with van der Waals surface area (Å²) in [5, 5.41) is 12.1. The number of fused-ring (bicyclic) bond motifs is 1. The van der Waals surface area contributed by atoms with Gasteiger partial charge in [-0.25, -0.2) is 4.39 Å². The van der Waals surface area contributed by atoms with Gasteiger partial charge in [-0.1, -0.05) is 17.8 Å². The Kier molecular flexibility index (Phi) is 6.46. The number of anilines is 1. The van der Waals surface area contributed by atoms with Crippen molar-refractivity contribution in [2.75, 3.05) is 11.9 Å². The average molecular weight is 467 g/mol. The molecule has 0 saturated carbocycles. The molecule has 0 spiro atoms. The van der Waals surface area contributed by atoms with Gasteiger partial charge in [0.25, 0.3) is 0 Å². The molecule has 5 rings (SSSR count). The SMILES string of the molecule is CC(Sc1nnc(-c2ccc(F)cc2)n1CC1CCCO1)C(=O)Nc1ccc2c(c1)CCC2. The molecule has 0 bridgehead atoms. The Morgan fingerprint density at radius 1 is 1.18 bits per heavy atom. The van der Waals surface area contributed by atoms with Crippen LogP contribution in [0.5, 0.6) is 0 Å². The van der Waals surface area contributed by atoms with E-state index in [2.05, 4.69) is 27.6 Å². The fourth-order valence-corrected chi connectivity index (χ4v) is 5.31. The van der Waals surface area contributed by atoms with Gasteiger partial charge in [0.15, 0.2) is 11.0 Å². The van der Waals surface area contributed by atoms with Crippen LogP contribution in [-0.2, 0) is 28.9 Å². The first kappa shape index (κ1) is 22.1. The maximum atomic E-state index is 13.4. The highest BCUT2D eigenvalue weighted by Crippen LogP contribution is 2.30. The summed E-state index contributed by atoms with van der Waals surface area (Å²) in [4.78, 5) is 12.9. The average Bonchev–Trinajstić information content (AvgIpc) is 3.57. The highest BCUT2D eigenvalue weighted by molar-refractivity contribution is 8.00. The molecule has 1 N–H and O–H groups in total. The Bertz CT molecular complexity index is 1140. The number of aromatic nitrogens is 3. The van der Waals surface area contributed by atoms with E-state index in [1.807, 2.05) is 17.6 Å². The standard InChI is InChI=1S/C25H27FN4O2S/c1-16(24(31)27-21-12-9-17-4-2-5-19(17)14-21)33-25-29-28-23(18-7-10-20(26)11-8-18)30(25)15-22-6-3-13-32-22/h7-12,14,16,22H,2-6,13,15H2,1H3,(H,27,31). The Morgan fingerprint density at radius 2 is 2.00 bits per heavy atom. The second-order valence-corrected chi connectivity index (χ2v) is 9.95. The lowest BCUT2D eigenvalue weighted by Gasteiger charge is -2.17. The smallest absolute Gasteiger partial charge is 0.237 e. The van der Waals surface area contributed by atoms with E-state index in [1.165, 1.54) is 41.4 Å². The largest absolute Gasteiger partial charge is 0.376 e. The number of ether oxygens (including phenoxy) is 1. The van der Waals surface area contributed by atoms with Crippen LogP contribution in [0.1, 0.15) is 37.3 Å². The van der Waals surface area contributed by atoms with E-state index in [4.69, 9.17) is 4.74 Å². The van der Waals surface area contributed by atoms with Crippen molar-refractivity contribution in [2.24, 2.45) is 0 Å². The third-order valence-electron chi connectivity index (χ3n) is 6.25. The van der Waals surface area contributed by atoms with E-state index < -0.39 is 0 Å². The zero-order valence-corrected chi connectivity index (χ0v) is 19.4. The molecule has 1 saturated heterocycles. The summed E-state index contributed by atoms with van der Waals surface area (Å²) < 4.78 is 21.3. The Hall–Kier alpha value is -2.71. The number of hydrogen-bond acceptors (Lipinski definition) is 5. The Morgan fingerprint density at radius 3 is 2.79 bits per heavy atom. The number of halogens is 1. The number of thioether (sulfide) groups is 1. The highest BCUT2D eigenvalue weighted by Gasteiger charge is 2.25. The van der Waals surface area contributed by atoms with Crippen molar-refractivity contribution in [3.05, 3.63) is 59.4 Å². The molecule has 0 radical (unpaired) electrons. The lowest BCUT2D eigenvalue weighted by atomic mass is 10.1. The first-order valence-electron chi connectivity index (χ1n) is 11.5. The minimum absolute atomic E-state index is 0.0760. The molecule has 2 unspecified atom stereocenters. The van der Waals surface area contributed by atoms with Crippen molar-refractivity contribution < 1.29 is 13.9 Å². The van der Waals surface area contributed by atoms with Crippen molar-refractivity contribution in [3.63, 3.8) is 0 Å². The van der Waals surface area contributed by atoms with Gasteiger partial charge in [0.05, 0.1) is 17.9 Å². The first-order valence-corrected chi connectivity index (χ1v) is 12.3. The maximum absolute atomic E-state index is 13.4. The predicted octanol–water partition coefficient (Wildman–Crippen LogP) is 4.87. The number of benzene rings is 2. The van der Waals surface area contributed by atoms with Gasteiger partial charge in [-0.2, -0.15) is 0 Å². The van der Waals surface area contributed by atoms with E-state index in [1.54, 1.807) is 12.1 Å². The molecule has 1 aliphatic carbocycles. The molecule has 1 fully saturated rings. The quantitative estimate of drug-likeness (QED) is 0.503. The summed E-state index contributed by atoms with van der Waals surface area (Å²) in [6.07, 6.45) is 5.44. The van der Waals surface area contributed by atoms with Gasteiger partial charge >= 0.3 is 0 Å². The van der Waals surface area contributed by atoms with Crippen LogP contribution < -0.4 is 5.32 Å². The summed E-state index contributed by atoms with van der Waals surface area (Å²) in [6.45, 7) is 3.22. The fraction of sp³-hybridized carbons (Fsp3) is 0.400. The zero-order chi connectivity index (χ0) is 22.8. The molecule has 172 valence electrons. The molecule has 1 aromatic heterocycles. The minimum atomic E-state index is -0.369. The number of nitrogens with one attached hydrogen (secondary N) is 1. The minimum Gasteiger partial charge on any atom is -0.376 e. The Balaban J connectivity index is 1.34. The molecule has 2 aliphatic rings. The molecule has 2 atom stereocenters. The van der Waals surface area contributed by atoms with Gasteiger partial charge in [0.2, 0.25) is 5.91 Å². The van der Waals surface area contributed by atoms with E-state index in [9.17, 15) is 9.18 Å². The summed E-state index contributed by atoms with van der Waals surface area (Å²) in [6, 6.07) is 12.4. The molecule has 1 aliphatic heterocycles. The van der Waals surface area contributed by atoms with Crippen LogP contribution in [-0.4, -0.2) is 38.6 Å². The summed E-state index contributed by atoms with van der Waals surface area (Å²) in [5.41, 5.74) is 4.32. The molecule has 2 aromatic carbocycles. The zero-order valence-electron chi connectivity index (χ0n) is 18.6. The first-order chi connectivity index (χ1) is 16.1. The summed E-state index contributed by atoms with van der Waals surface area (Å²) in [7, 11) is 0. The van der Waals surface area contributed by atoms with Crippen LogP contribution in [0.25, 0.3) is 11.4 Å². The van der Waals surface area contributed by atoms with Crippen LogP contribution in [0.15, 0.2) is 47.6 Å². The molecule has 8 heteroatoms. The number of nitrogens with zero attached hydrogens (tertiary/aromatic N) is 3. The Labute approximate surface area is 196 Å². The van der Waals surface area contributed by atoms with Crippen LogP contribution in [0.4, 0.5) is 10.1 Å². The molecule has 1 amide bonds. The molecule has 6 nitrogen and oxygen atoms in total. The van der Waals surface area contributed by atoms with E-state index >= 15 is 0 Å². The topological polar surface area (TPSA) is 69.0 Å². The number of rotatable bonds is 7. The second-order valence-electron chi connectivity index (χ2n) is 8.65. The van der Waals surface area contributed by atoms with E-state index in [0.717, 1.165) is 43.5 Å². The molecular formula is C25H27FN4O2S. The molecule has 33 heavy (non-hydrogen) atoms. The number of aryl methyl sites for hydroxylation is 2. The lowest BCUT2D eigenvalue weighted by Crippen LogP contribution is -2.23.